The van der Waals surface area contributed by atoms with Crippen molar-refractivity contribution in [2.45, 2.75) is 25.7 Å². The van der Waals surface area contributed by atoms with Crippen molar-refractivity contribution in [2.24, 2.45) is 0 Å². The van der Waals surface area contributed by atoms with Crippen LogP contribution >= 0.6 is 11.3 Å². The van der Waals surface area contributed by atoms with Crippen molar-refractivity contribution in [3.8, 4) is 0 Å². The third kappa shape index (κ3) is 2.45. The maximum absolute atomic E-state index is 10.9. The lowest BCUT2D eigenvalue weighted by molar-refractivity contribution is -0.116. The number of rotatable bonds is 4. The standard InChI is InChI=1S/C11H14N2OS/c1-2-10(14)12-7-6-11-13-8-4-3-5-9(8)15-11/h2H,1,3-7H2,(H,12,14). The average molecular weight is 222 g/mol. The number of nitrogens with zero attached hydrogens (tertiary/aromatic N) is 1. The molecule has 0 spiro atoms. The number of hydrogen-bond acceptors (Lipinski definition) is 3. The number of fused-ring (bicyclic) bond motifs is 1. The van der Waals surface area contributed by atoms with E-state index in [1.54, 1.807) is 11.3 Å². The molecule has 0 unspecified atom stereocenters. The highest BCUT2D eigenvalue weighted by Gasteiger charge is 2.16. The van der Waals surface area contributed by atoms with Gasteiger partial charge in [-0.15, -0.1) is 11.3 Å². The molecular formula is C11H14N2OS. The topological polar surface area (TPSA) is 42.0 Å². The molecule has 3 nitrogen and oxygen atoms in total. The maximum Gasteiger partial charge on any atom is 0.243 e. The Kier molecular flexibility index (Phi) is 3.16. The minimum Gasteiger partial charge on any atom is -0.352 e. The monoisotopic (exact) mass is 222 g/mol. The predicted octanol–water partition coefficient (Wildman–Crippen LogP) is 1.48. The van der Waals surface area contributed by atoms with Gasteiger partial charge in [-0.3, -0.25) is 4.79 Å². The molecule has 0 radical (unpaired) electrons. The molecule has 4 heteroatoms. The number of carbonyl (C=O) groups excluding carboxylic acids is 1. The molecular weight excluding hydrogens is 208 g/mol. The van der Waals surface area contributed by atoms with E-state index < -0.39 is 0 Å². The fraction of sp³-hybridized carbons (Fsp3) is 0.455. The largest absolute Gasteiger partial charge is 0.352 e. The summed E-state index contributed by atoms with van der Waals surface area (Å²) in [6.07, 6.45) is 5.69. The van der Waals surface area contributed by atoms with Crippen molar-refractivity contribution < 1.29 is 4.79 Å². The van der Waals surface area contributed by atoms with E-state index in [4.69, 9.17) is 0 Å². The second kappa shape index (κ2) is 4.57. The van der Waals surface area contributed by atoms with E-state index in [1.165, 1.54) is 29.5 Å². The van der Waals surface area contributed by atoms with Gasteiger partial charge in [0.1, 0.15) is 0 Å². The second-order valence-corrected chi connectivity index (χ2v) is 4.74. The van der Waals surface area contributed by atoms with Crippen molar-refractivity contribution in [1.29, 1.82) is 0 Å². The van der Waals surface area contributed by atoms with Crippen LogP contribution in [-0.4, -0.2) is 17.4 Å². The molecule has 1 aliphatic carbocycles. The Hall–Kier alpha value is -1.16. The van der Waals surface area contributed by atoms with E-state index in [1.807, 2.05) is 0 Å². The molecule has 0 aliphatic heterocycles. The smallest absolute Gasteiger partial charge is 0.243 e. The number of carbonyl (C=O) groups is 1. The maximum atomic E-state index is 10.9. The van der Waals surface area contributed by atoms with Gasteiger partial charge in [0.05, 0.1) is 10.7 Å². The highest BCUT2D eigenvalue weighted by molar-refractivity contribution is 7.11. The zero-order chi connectivity index (χ0) is 10.7. The van der Waals surface area contributed by atoms with Gasteiger partial charge in [0.15, 0.2) is 0 Å². The first-order valence-corrected chi connectivity index (χ1v) is 5.99. The zero-order valence-corrected chi connectivity index (χ0v) is 9.40. The zero-order valence-electron chi connectivity index (χ0n) is 8.58. The van der Waals surface area contributed by atoms with Crippen molar-refractivity contribution in [3.63, 3.8) is 0 Å². The summed E-state index contributed by atoms with van der Waals surface area (Å²) < 4.78 is 0. The summed E-state index contributed by atoms with van der Waals surface area (Å²) in [4.78, 5) is 16.9. The molecule has 1 aliphatic rings. The summed E-state index contributed by atoms with van der Waals surface area (Å²) in [5, 5.41) is 3.90. The number of thiazole rings is 1. The van der Waals surface area contributed by atoms with Crippen molar-refractivity contribution in [3.05, 3.63) is 28.2 Å². The lowest BCUT2D eigenvalue weighted by Crippen LogP contribution is -2.23. The van der Waals surface area contributed by atoms with Crippen LogP contribution in [0, 0.1) is 0 Å². The fourth-order valence-electron chi connectivity index (χ4n) is 1.72. The molecule has 2 rings (SSSR count). The molecule has 0 bridgehead atoms. The van der Waals surface area contributed by atoms with Crippen molar-refractivity contribution in [2.75, 3.05) is 6.54 Å². The van der Waals surface area contributed by atoms with Crippen molar-refractivity contribution >= 4 is 17.2 Å². The predicted molar refractivity (Wildman–Crippen MR) is 61.0 cm³/mol. The third-order valence-electron chi connectivity index (χ3n) is 2.46. The Bertz CT molecular complexity index is 362. The van der Waals surface area contributed by atoms with Crippen LogP contribution in [-0.2, 0) is 24.1 Å². The van der Waals surface area contributed by atoms with Crippen LogP contribution in [0.25, 0.3) is 0 Å². The van der Waals surface area contributed by atoms with Gasteiger partial charge in [0.25, 0.3) is 0 Å². The second-order valence-electron chi connectivity index (χ2n) is 3.58. The summed E-state index contributed by atoms with van der Waals surface area (Å²) >= 11 is 1.79. The van der Waals surface area contributed by atoms with E-state index >= 15 is 0 Å². The minimum atomic E-state index is -0.112. The van der Waals surface area contributed by atoms with E-state index in [-0.39, 0.29) is 5.91 Å². The number of aromatic nitrogens is 1. The van der Waals surface area contributed by atoms with Crippen LogP contribution in [0.3, 0.4) is 0 Å². The first-order valence-electron chi connectivity index (χ1n) is 5.17. The molecule has 1 amide bonds. The lowest BCUT2D eigenvalue weighted by Gasteiger charge is -1.98. The van der Waals surface area contributed by atoms with Crippen LogP contribution in [0.15, 0.2) is 12.7 Å². The highest BCUT2D eigenvalue weighted by atomic mass is 32.1. The Morgan fingerprint density at radius 2 is 2.47 bits per heavy atom. The highest BCUT2D eigenvalue weighted by Crippen LogP contribution is 2.27. The number of nitrogens with one attached hydrogen (secondary N) is 1. The van der Waals surface area contributed by atoms with Gasteiger partial charge in [-0.1, -0.05) is 6.58 Å². The van der Waals surface area contributed by atoms with Gasteiger partial charge in [-0.25, -0.2) is 4.98 Å². The van der Waals surface area contributed by atoms with Crippen LogP contribution in [0.1, 0.15) is 22.0 Å². The molecule has 0 fully saturated rings. The molecule has 1 aromatic heterocycles. The minimum absolute atomic E-state index is 0.112. The molecule has 0 saturated heterocycles. The van der Waals surface area contributed by atoms with E-state index in [0.717, 1.165) is 17.8 Å². The molecule has 15 heavy (non-hydrogen) atoms. The molecule has 0 atom stereocenters. The molecule has 1 aromatic rings. The Morgan fingerprint density at radius 3 is 3.20 bits per heavy atom. The quantitative estimate of drug-likeness (QED) is 0.784. The molecule has 80 valence electrons. The van der Waals surface area contributed by atoms with E-state index in [2.05, 4.69) is 16.9 Å². The van der Waals surface area contributed by atoms with Gasteiger partial charge in [0, 0.05) is 17.8 Å². The number of amides is 1. The first-order chi connectivity index (χ1) is 7.29. The Balaban J connectivity index is 1.84. The van der Waals surface area contributed by atoms with Crippen LogP contribution in [0.2, 0.25) is 0 Å². The lowest BCUT2D eigenvalue weighted by atomic mass is 10.3. The van der Waals surface area contributed by atoms with Gasteiger partial charge in [0.2, 0.25) is 5.91 Å². The Labute approximate surface area is 93.2 Å². The number of aryl methyl sites for hydroxylation is 2. The van der Waals surface area contributed by atoms with Crippen molar-refractivity contribution in [1.82, 2.24) is 10.3 Å². The third-order valence-corrected chi connectivity index (χ3v) is 3.68. The summed E-state index contributed by atoms with van der Waals surface area (Å²) in [5.74, 6) is -0.112. The van der Waals surface area contributed by atoms with E-state index in [9.17, 15) is 4.79 Å². The first kappa shape index (κ1) is 10.4. The van der Waals surface area contributed by atoms with Gasteiger partial charge < -0.3 is 5.32 Å². The fourth-order valence-corrected chi connectivity index (χ4v) is 2.87. The summed E-state index contributed by atoms with van der Waals surface area (Å²) in [5.41, 5.74) is 1.28. The van der Waals surface area contributed by atoms with Gasteiger partial charge >= 0.3 is 0 Å². The average Bonchev–Trinajstić information content (AvgIpc) is 2.77. The normalized spacial score (nSPS) is 13.6. The van der Waals surface area contributed by atoms with Gasteiger partial charge in [-0.2, -0.15) is 0 Å². The van der Waals surface area contributed by atoms with Crippen LogP contribution < -0.4 is 5.32 Å². The van der Waals surface area contributed by atoms with E-state index in [0.29, 0.717) is 6.54 Å². The summed E-state index contributed by atoms with van der Waals surface area (Å²) in [6.45, 7) is 4.05. The molecule has 0 aromatic carbocycles. The SMILES string of the molecule is C=CC(=O)NCCc1nc2c(s1)CCC2. The van der Waals surface area contributed by atoms with Gasteiger partial charge in [-0.05, 0) is 25.3 Å². The molecule has 1 N–H and O–H groups in total. The number of hydrogen-bond donors (Lipinski definition) is 1. The Morgan fingerprint density at radius 1 is 1.60 bits per heavy atom. The van der Waals surface area contributed by atoms with Crippen LogP contribution in [0.5, 0.6) is 0 Å². The summed E-state index contributed by atoms with van der Waals surface area (Å²) in [7, 11) is 0. The summed E-state index contributed by atoms with van der Waals surface area (Å²) in [6, 6.07) is 0. The van der Waals surface area contributed by atoms with Crippen LogP contribution in [0.4, 0.5) is 0 Å². The molecule has 1 heterocycles. The molecule has 0 saturated carbocycles.